The second kappa shape index (κ2) is 14.7. The summed E-state index contributed by atoms with van der Waals surface area (Å²) in [5.41, 5.74) is 9.69. The minimum Gasteiger partial charge on any atom is -0.208 e. The van der Waals surface area contributed by atoms with Gasteiger partial charge in [0.1, 0.15) is 0 Å². The normalized spacial score (nSPS) is 11.0. The van der Waals surface area contributed by atoms with Crippen LogP contribution >= 0.6 is 0 Å². The maximum Gasteiger partial charge on any atom is 0.164 e. The molecule has 54 heavy (non-hydrogen) atoms. The number of aromatic nitrogens is 6. The van der Waals surface area contributed by atoms with Gasteiger partial charge in [-0.3, -0.25) is 0 Å². The second-order valence-electron chi connectivity index (χ2n) is 12.8. The Hall–Kier alpha value is -7.44. The second-order valence-corrected chi connectivity index (χ2v) is 12.8. The SMILES string of the molecule is c1ccc(-c2nc(-c3ccccc3)nc(-c3cccc(-c4cccc(-c5nc(-c6ccccc6)nc(-c6ccccc6-c6ccccc6)n5)c4)c3)n2)cc1. The molecule has 0 atom stereocenters. The maximum absolute atomic E-state index is 5.11. The van der Waals surface area contributed by atoms with Gasteiger partial charge in [0, 0.05) is 33.4 Å². The van der Waals surface area contributed by atoms with E-state index in [9.17, 15) is 0 Å². The van der Waals surface area contributed by atoms with Crippen molar-refractivity contribution in [3.05, 3.63) is 194 Å². The molecule has 0 unspecified atom stereocenters. The van der Waals surface area contributed by atoms with Gasteiger partial charge in [-0.25, -0.2) is 29.9 Å². The van der Waals surface area contributed by atoms with Crippen molar-refractivity contribution in [2.45, 2.75) is 0 Å². The summed E-state index contributed by atoms with van der Waals surface area (Å²) in [5.74, 6) is 3.68. The molecule has 0 aliphatic heterocycles. The van der Waals surface area contributed by atoms with Crippen LogP contribution in [0.3, 0.4) is 0 Å². The molecule has 9 rings (SSSR count). The van der Waals surface area contributed by atoms with Crippen LogP contribution in [-0.4, -0.2) is 29.9 Å². The van der Waals surface area contributed by atoms with E-state index in [2.05, 4.69) is 54.6 Å². The molecule has 0 fully saturated rings. The maximum atomic E-state index is 5.11. The molecule has 0 N–H and O–H groups in total. The Kier molecular flexibility index (Phi) is 8.81. The van der Waals surface area contributed by atoms with E-state index in [4.69, 9.17) is 29.9 Å². The topological polar surface area (TPSA) is 77.3 Å². The summed E-state index contributed by atoms with van der Waals surface area (Å²) in [5, 5.41) is 0. The van der Waals surface area contributed by atoms with Gasteiger partial charge in [-0.15, -0.1) is 0 Å². The van der Waals surface area contributed by atoms with E-state index in [-0.39, 0.29) is 0 Å². The molecule has 0 bridgehead atoms. The number of hydrogen-bond donors (Lipinski definition) is 0. The van der Waals surface area contributed by atoms with E-state index >= 15 is 0 Å². The predicted octanol–water partition coefficient (Wildman–Crippen LogP) is 11.4. The molecular formula is C48H32N6. The van der Waals surface area contributed by atoms with Crippen LogP contribution in [0.2, 0.25) is 0 Å². The van der Waals surface area contributed by atoms with Crippen LogP contribution in [-0.2, 0) is 0 Å². The molecule has 0 amide bonds. The van der Waals surface area contributed by atoms with Gasteiger partial charge >= 0.3 is 0 Å². The number of hydrogen-bond acceptors (Lipinski definition) is 6. The van der Waals surface area contributed by atoms with Crippen molar-refractivity contribution in [2.75, 3.05) is 0 Å². The van der Waals surface area contributed by atoms with E-state index < -0.39 is 0 Å². The van der Waals surface area contributed by atoms with Crippen molar-refractivity contribution >= 4 is 0 Å². The molecule has 2 heterocycles. The summed E-state index contributed by atoms with van der Waals surface area (Å²) in [6, 6.07) is 65.3. The molecule has 7 aromatic carbocycles. The number of rotatable bonds is 8. The highest BCUT2D eigenvalue weighted by Crippen LogP contribution is 2.34. The Bertz CT molecular complexity index is 2640. The zero-order valence-corrected chi connectivity index (χ0v) is 29.2. The average molecular weight is 693 g/mol. The van der Waals surface area contributed by atoms with Crippen LogP contribution in [0.15, 0.2) is 194 Å². The molecule has 6 heteroatoms. The number of nitrogens with zero attached hydrogens (tertiary/aromatic N) is 6. The molecule has 9 aromatic rings. The van der Waals surface area contributed by atoms with E-state index in [0.29, 0.717) is 34.9 Å². The predicted molar refractivity (Wildman–Crippen MR) is 217 cm³/mol. The average Bonchev–Trinajstić information content (AvgIpc) is 3.27. The highest BCUT2D eigenvalue weighted by molar-refractivity contribution is 5.82. The highest BCUT2D eigenvalue weighted by Gasteiger charge is 2.17. The Morgan fingerprint density at radius 1 is 0.185 bits per heavy atom. The molecule has 0 spiro atoms. The van der Waals surface area contributed by atoms with Crippen molar-refractivity contribution < 1.29 is 0 Å². The van der Waals surface area contributed by atoms with Crippen molar-refractivity contribution in [3.8, 4) is 90.6 Å². The zero-order chi connectivity index (χ0) is 36.1. The van der Waals surface area contributed by atoms with Gasteiger partial charge < -0.3 is 0 Å². The molecule has 254 valence electrons. The molecule has 0 radical (unpaired) electrons. The van der Waals surface area contributed by atoms with Gasteiger partial charge in [0.05, 0.1) is 0 Å². The first-order valence-corrected chi connectivity index (χ1v) is 17.8. The van der Waals surface area contributed by atoms with E-state index in [1.807, 2.05) is 140 Å². The minimum atomic E-state index is 0.595. The van der Waals surface area contributed by atoms with Crippen molar-refractivity contribution in [2.24, 2.45) is 0 Å². The zero-order valence-electron chi connectivity index (χ0n) is 29.2. The third-order valence-electron chi connectivity index (χ3n) is 9.19. The molecule has 6 nitrogen and oxygen atoms in total. The quantitative estimate of drug-likeness (QED) is 0.158. The van der Waals surface area contributed by atoms with E-state index in [1.165, 1.54) is 0 Å². The van der Waals surface area contributed by atoms with Gasteiger partial charge in [0.15, 0.2) is 34.9 Å². The van der Waals surface area contributed by atoms with Crippen molar-refractivity contribution in [1.29, 1.82) is 0 Å². The lowest BCUT2D eigenvalue weighted by molar-refractivity contribution is 1.07. The summed E-state index contributed by atoms with van der Waals surface area (Å²) in [6.45, 7) is 0. The lowest BCUT2D eigenvalue weighted by atomic mass is 9.99. The standard InChI is InChI=1S/C48H32N6/c1-5-17-33(18-6-1)41-29-13-14-30-42(41)48-53-45(36-23-11-4-12-24-36)52-47(54-48)40-28-16-26-38(32-40)37-25-15-27-39(31-37)46-50-43(34-19-7-2-8-20-34)49-44(51-46)35-21-9-3-10-22-35/h1-32H. The molecule has 0 aliphatic rings. The summed E-state index contributed by atoms with van der Waals surface area (Å²) in [7, 11) is 0. The molecule has 0 saturated heterocycles. The Morgan fingerprint density at radius 3 is 0.870 bits per heavy atom. The van der Waals surface area contributed by atoms with Crippen molar-refractivity contribution in [1.82, 2.24) is 29.9 Å². The first kappa shape index (κ1) is 32.5. The Morgan fingerprint density at radius 2 is 0.463 bits per heavy atom. The number of benzene rings is 7. The smallest absolute Gasteiger partial charge is 0.164 e. The summed E-state index contributed by atoms with van der Waals surface area (Å²) in [6.07, 6.45) is 0. The summed E-state index contributed by atoms with van der Waals surface area (Å²) in [4.78, 5) is 29.9. The van der Waals surface area contributed by atoms with Crippen LogP contribution in [0.1, 0.15) is 0 Å². The van der Waals surface area contributed by atoms with Gasteiger partial charge in [0.2, 0.25) is 0 Å². The summed E-state index contributed by atoms with van der Waals surface area (Å²) < 4.78 is 0. The van der Waals surface area contributed by atoms with E-state index in [1.54, 1.807) is 0 Å². The Balaban J connectivity index is 1.14. The molecule has 0 saturated carbocycles. The van der Waals surface area contributed by atoms with E-state index in [0.717, 1.165) is 55.6 Å². The van der Waals surface area contributed by atoms with Crippen LogP contribution < -0.4 is 0 Å². The van der Waals surface area contributed by atoms with Gasteiger partial charge in [-0.2, -0.15) is 0 Å². The summed E-state index contributed by atoms with van der Waals surface area (Å²) >= 11 is 0. The monoisotopic (exact) mass is 692 g/mol. The fourth-order valence-electron chi connectivity index (χ4n) is 6.50. The fourth-order valence-corrected chi connectivity index (χ4v) is 6.50. The molecule has 2 aromatic heterocycles. The van der Waals surface area contributed by atoms with Gasteiger partial charge in [-0.1, -0.05) is 182 Å². The van der Waals surface area contributed by atoms with Crippen LogP contribution in [0.25, 0.3) is 90.6 Å². The minimum absolute atomic E-state index is 0.595. The van der Waals surface area contributed by atoms with Crippen LogP contribution in [0.5, 0.6) is 0 Å². The lowest BCUT2D eigenvalue weighted by Gasteiger charge is -2.13. The molecule has 0 aliphatic carbocycles. The van der Waals surface area contributed by atoms with Gasteiger partial charge in [0.25, 0.3) is 0 Å². The van der Waals surface area contributed by atoms with Crippen LogP contribution in [0, 0.1) is 0 Å². The fraction of sp³-hybridized carbons (Fsp3) is 0. The highest BCUT2D eigenvalue weighted by atomic mass is 15.0. The molecular weight excluding hydrogens is 661 g/mol. The van der Waals surface area contributed by atoms with Gasteiger partial charge in [-0.05, 0) is 34.4 Å². The first-order chi connectivity index (χ1) is 26.7. The largest absolute Gasteiger partial charge is 0.208 e. The Labute approximate surface area is 313 Å². The lowest BCUT2D eigenvalue weighted by Crippen LogP contribution is -2.01. The third kappa shape index (κ3) is 6.79. The third-order valence-corrected chi connectivity index (χ3v) is 9.19. The van der Waals surface area contributed by atoms with Crippen molar-refractivity contribution in [3.63, 3.8) is 0 Å². The van der Waals surface area contributed by atoms with Crippen LogP contribution in [0.4, 0.5) is 0 Å². The first-order valence-electron chi connectivity index (χ1n) is 17.8.